The van der Waals surface area contributed by atoms with E-state index in [-0.39, 0.29) is 17.3 Å². The third kappa shape index (κ3) is 4.51. The molecule has 144 valence electrons. The number of aryl methyl sites for hydroxylation is 2. The van der Waals surface area contributed by atoms with E-state index in [1.54, 1.807) is 36.4 Å². The van der Waals surface area contributed by atoms with Gasteiger partial charge in [-0.15, -0.1) is 0 Å². The monoisotopic (exact) mass is 406 g/mol. The SMILES string of the molecule is Cc1ccc(S(=O)(=O)N2CCC[C@H](C(=O)Nc3cc(Cl)ccc3C)C2)cc1. The first kappa shape index (κ1) is 19.9. The zero-order chi connectivity index (χ0) is 19.6. The quantitative estimate of drug-likeness (QED) is 0.834. The van der Waals surface area contributed by atoms with Crippen molar-refractivity contribution in [1.29, 1.82) is 0 Å². The Morgan fingerprint density at radius 3 is 2.56 bits per heavy atom. The van der Waals surface area contributed by atoms with Crippen LogP contribution in [0, 0.1) is 19.8 Å². The largest absolute Gasteiger partial charge is 0.326 e. The second-order valence-corrected chi connectivity index (χ2v) is 9.34. The molecule has 2 aromatic rings. The van der Waals surface area contributed by atoms with Gasteiger partial charge >= 0.3 is 0 Å². The van der Waals surface area contributed by atoms with E-state index in [9.17, 15) is 13.2 Å². The van der Waals surface area contributed by atoms with Gasteiger partial charge < -0.3 is 5.32 Å². The maximum Gasteiger partial charge on any atom is 0.243 e. The first-order valence-corrected chi connectivity index (χ1v) is 10.7. The molecule has 0 unspecified atom stereocenters. The topological polar surface area (TPSA) is 66.5 Å². The molecule has 1 amide bonds. The van der Waals surface area contributed by atoms with Crippen molar-refractivity contribution in [1.82, 2.24) is 4.31 Å². The highest BCUT2D eigenvalue weighted by molar-refractivity contribution is 7.89. The predicted molar refractivity (Wildman–Crippen MR) is 107 cm³/mol. The number of sulfonamides is 1. The molecular weight excluding hydrogens is 384 g/mol. The minimum atomic E-state index is -3.60. The normalized spacial score (nSPS) is 18.3. The lowest BCUT2D eigenvalue weighted by Crippen LogP contribution is -2.43. The average Bonchev–Trinajstić information content (AvgIpc) is 2.65. The molecule has 7 heteroatoms. The van der Waals surface area contributed by atoms with Gasteiger partial charge in [0.05, 0.1) is 10.8 Å². The van der Waals surface area contributed by atoms with Crippen molar-refractivity contribution < 1.29 is 13.2 Å². The standard InChI is InChI=1S/C20H23ClN2O3S/c1-14-5-9-18(10-6-14)27(25,26)23-11-3-4-16(13-23)20(24)22-19-12-17(21)8-7-15(19)2/h5-10,12,16H,3-4,11,13H2,1-2H3,(H,22,24)/t16-/m0/s1. The number of amides is 1. The zero-order valence-electron chi connectivity index (χ0n) is 15.4. The summed E-state index contributed by atoms with van der Waals surface area (Å²) in [5, 5.41) is 3.44. The van der Waals surface area contributed by atoms with Crippen LogP contribution >= 0.6 is 11.6 Å². The lowest BCUT2D eigenvalue weighted by atomic mass is 9.98. The summed E-state index contributed by atoms with van der Waals surface area (Å²) in [6.45, 7) is 4.41. The Labute approximate surface area is 165 Å². The highest BCUT2D eigenvalue weighted by Gasteiger charge is 2.33. The zero-order valence-corrected chi connectivity index (χ0v) is 17.0. The summed E-state index contributed by atoms with van der Waals surface area (Å²) < 4.78 is 27.2. The van der Waals surface area contributed by atoms with Gasteiger partial charge in [0.25, 0.3) is 0 Å². The van der Waals surface area contributed by atoms with Crippen molar-refractivity contribution in [3.63, 3.8) is 0 Å². The number of halogens is 1. The molecule has 0 aliphatic carbocycles. The van der Waals surface area contributed by atoms with Crippen molar-refractivity contribution >= 4 is 33.2 Å². The predicted octanol–water partition coefficient (Wildman–Crippen LogP) is 4.00. The van der Waals surface area contributed by atoms with Gasteiger partial charge in [0, 0.05) is 23.8 Å². The van der Waals surface area contributed by atoms with E-state index in [2.05, 4.69) is 5.32 Å². The number of carbonyl (C=O) groups excluding carboxylic acids is 1. The summed E-state index contributed by atoms with van der Waals surface area (Å²) in [5.74, 6) is -0.568. The number of hydrogen-bond acceptors (Lipinski definition) is 3. The van der Waals surface area contributed by atoms with Crippen LogP contribution in [0.4, 0.5) is 5.69 Å². The molecule has 2 aromatic carbocycles. The Morgan fingerprint density at radius 1 is 1.15 bits per heavy atom. The Hall–Kier alpha value is -1.89. The number of carbonyl (C=O) groups is 1. The third-order valence-electron chi connectivity index (χ3n) is 4.87. The van der Waals surface area contributed by atoms with Crippen molar-refractivity contribution in [2.45, 2.75) is 31.6 Å². The second-order valence-electron chi connectivity index (χ2n) is 6.96. The Balaban J connectivity index is 1.74. The van der Waals surface area contributed by atoms with Gasteiger partial charge in [-0.05, 0) is 56.5 Å². The fourth-order valence-corrected chi connectivity index (χ4v) is 4.89. The second kappa shape index (κ2) is 8.00. The molecule has 0 aromatic heterocycles. The lowest BCUT2D eigenvalue weighted by Gasteiger charge is -2.31. The van der Waals surface area contributed by atoms with Crippen LogP contribution in [0.3, 0.4) is 0 Å². The molecule has 1 heterocycles. The summed E-state index contributed by atoms with van der Waals surface area (Å²) in [7, 11) is -3.60. The molecule has 1 atom stereocenters. The molecule has 5 nitrogen and oxygen atoms in total. The van der Waals surface area contributed by atoms with Gasteiger partial charge in [-0.2, -0.15) is 4.31 Å². The third-order valence-corrected chi connectivity index (χ3v) is 6.99. The minimum absolute atomic E-state index is 0.177. The smallest absolute Gasteiger partial charge is 0.243 e. The molecule has 3 rings (SSSR count). The summed E-state index contributed by atoms with van der Waals surface area (Å²) in [6, 6.07) is 12.1. The van der Waals surface area contributed by atoms with Gasteiger partial charge in [0.15, 0.2) is 0 Å². The molecule has 1 aliphatic heterocycles. The summed E-state index contributed by atoms with van der Waals surface area (Å²) >= 11 is 6.01. The number of hydrogen-bond donors (Lipinski definition) is 1. The molecule has 0 spiro atoms. The van der Waals surface area contributed by atoms with E-state index in [4.69, 9.17) is 11.6 Å². The van der Waals surface area contributed by atoms with Crippen LogP contribution in [-0.2, 0) is 14.8 Å². The fourth-order valence-electron chi connectivity index (χ4n) is 3.20. The van der Waals surface area contributed by atoms with Crippen LogP contribution in [-0.4, -0.2) is 31.7 Å². The van der Waals surface area contributed by atoms with Crippen molar-refractivity contribution in [3.05, 3.63) is 58.6 Å². The number of nitrogens with one attached hydrogen (secondary N) is 1. The van der Waals surface area contributed by atoms with Crippen LogP contribution in [0.25, 0.3) is 0 Å². The highest BCUT2D eigenvalue weighted by Crippen LogP contribution is 2.26. The summed E-state index contributed by atoms with van der Waals surface area (Å²) in [5.41, 5.74) is 2.57. The molecule has 27 heavy (non-hydrogen) atoms. The summed E-state index contributed by atoms with van der Waals surface area (Å²) in [4.78, 5) is 13.0. The molecule has 1 saturated heterocycles. The fraction of sp³-hybridized carbons (Fsp3) is 0.350. The maximum absolute atomic E-state index is 12.9. The molecule has 1 fully saturated rings. The van der Waals surface area contributed by atoms with Crippen LogP contribution < -0.4 is 5.32 Å². The molecular formula is C20H23ClN2O3S. The highest BCUT2D eigenvalue weighted by atomic mass is 35.5. The van der Waals surface area contributed by atoms with Gasteiger partial charge in [0.2, 0.25) is 15.9 Å². The van der Waals surface area contributed by atoms with E-state index >= 15 is 0 Å². The van der Waals surface area contributed by atoms with Gasteiger partial charge in [-0.25, -0.2) is 8.42 Å². The Bertz CT molecular complexity index is 942. The summed E-state index contributed by atoms with van der Waals surface area (Å²) in [6.07, 6.45) is 1.31. The van der Waals surface area contributed by atoms with E-state index < -0.39 is 15.9 Å². The average molecular weight is 407 g/mol. The molecule has 1 N–H and O–H groups in total. The van der Waals surface area contributed by atoms with Crippen molar-refractivity contribution in [2.24, 2.45) is 5.92 Å². The molecule has 1 aliphatic rings. The number of piperidine rings is 1. The molecule has 0 radical (unpaired) electrons. The van der Waals surface area contributed by atoms with Crippen molar-refractivity contribution in [2.75, 3.05) is 18.4 Å². The number of anilines is 1. The lowest BCUT2D eigenvalue weighted by molar-refractivity contribution is -0.120. The van der Waals surface area contributed by atoms with Crippen LogP contribution in [0.2, 0.25) is 5.02 Å². The molecule has 0 saturated carbocycles. The Kier molecular flexibility index (Phi) is 5.89. The first-order chi connectivity index (χ1) is 12.8. The van der Waals surface area contributed by atoms with Gasteiger partial charge in [-0.1, -0.05) is 35.4 Å². The van der Waals surface area contributed by atoms with Crippen LogP contribution in [0.1, 0.15) is 24.0 Å². The van der Waals surface area contributed by atoms with Crippen LogP contribution in [0.15, 0.2) is 47.4 Å². The molecule has 0 bridgehead atoms. The number of nitrogens with zero attached hydrogens (tertiary/aromatic N) is 1. The van der Waals surface area contributed by atoms with E-state index in [1.165, 1.54) is 4.31 Å². The van der Waals surface area contributed by atoms with E-state index in [0.29, 0.717) is 30.1 Å². The minimum Gasteiger partial charge on any atom is -0.326 e. The van der Waals surface area contributed by atoms with Gasteiger partial charge in [0.1, 0.15) is 0 Å². The maximum atomic E-state index is 12.9. The van der Waals surface area contributed by atoms with E-state index in [0.717, 1.165) is 11.1 Å². The first-order valence-electron chi connectivity index (χ1n) is 8.91. The Morgan fingerprint density at radius 2 is 1.85 bits per heavy atom. The number of benzene rings is 2. The van der Waals surface area contributed by atoms with Gasteiger partial charge in [-0.3, -0.25) is 4.79 Å². The van der Waals surface area contributed by atoms with Crippen molar-refractivity contribution in [3.8, 4) is 0 Å². The van der Waals surface area contributed by atoms with Crippen LogP contribution in [0.5, 0.6) is 0 Å². The number of rotatable bonds is 4. The van der Waals surface area contributed by atoms with E-state index in [1.807, 2.05) is 19.9 Å².